The van der Waals surface area contributed by atoms with Gasteiger partial charge in [0.1, 0.15) is 0 Å². The molecule has 1 aliphatic heterocycles. The van der Waals surface area contributed by atoms with Crippen molar-refractivity contribution in [1.29, 1.82) is 5.41 Å². The van der Waals surface area contributed by atoms with Crippen molar-refractivity contribution in [2.75, 3.05) is 13.1 Å². The Morgan fingerprint density at radius 3 is 2.75 bits per heavy atom. The monoisotopic (exact) mass is 183 g/mol. The van der Waals surface area contributed by atoms with Gasteiger partial charge in [0.15, 0.2) is 0 Å². The maximum atomic E-state index is 7.01. The van der Waals surface area contributed by atoms with E-state index in [1.807, 2.05) is 6.08 Å². The van der Waals surface area contributed by atoms with Crippen LogP contribution in [0.1, 0.15) is 0 Å². The zero-order chi connectivity index (χ0) is 8.97. The maximum Gasteiger partial charge on any atom is 0.0560 e. The summed E-state index contributed by atoms with van der Waals surface area (Å²) in [7, 11) is 0. The molecular weight excluding hydrogens is 170 g/mol. The fourth-order valence-corrected chi connectivity index (χ4v) is 1.89. The number of rotatable bonds is 4. The minimum Gasteiger partial charge on any atom is -0.404 e. The molecule has 1 fully saturated rings. The van der Waals surface area contributed by atoms with Crippen LogP contribution in [0.3, 0.4) is 0 Å². The second-order valence-corrected chi connectivity index (χ2v) is 3.82. The van der Waals surface area contributed by atoms with E-state index in [-0.39, 0.29) is 0 Å². The van der Waals surface area contributed by atoms with Crippen molar-refractivity contribution >= 4 is 18.2 Å². The van der Waals surface area contributed by atoms with Crippen molar-refractivity contribution in [3.63, 3.8) is 0 Å². The van der Waals surface area contributed by atoms with Gasteiger partial charge in [-0.25, -0.2) is 4.31 Å². The third-order valence-electron chi connectivity index (χ3n) is 1.75. The highest BCUT2D eigenvalue weighted by Crippen LogP contribution is 2.28. The molecule has 0 aliphatic carbocycles. The molecule has 0 aromatic heterocycles. The van der Waals surface area contributed by atoms with Crippen molar-refractivity contribution in [2.24, 2.45) is 11.7 Å². The number of nitrogens with two attached hydrogens (primary N) is 1. The Bertz CT molecular complexity index is 206. The highest BCUT2D eigenvalue weighted by Gasteiger charge is 2.24. The minimum absolute atomic E-state index is 0.613. The smallest absolute Gasteiger partial charge is 0.0560 e. The van der Waals surface area contributed by atoms with Crippen LogP contribution in [0.15, 0.2) is 23.8 Å². The first-order chi connectivity index (χ1) is 5.80. The zero-order valence-electron chi connectivity index (χ0n) is 6.86. The van der Waals surface area contributed by atoms with E-state index < -0.39 is 0 Å². The molecule has 12 heavy (non-hydrogen) atoms. The molecule has 66 valence electrons. The van der Waals surface area contributed by atoms with Crippen LogP contribution in [0, 0.1) is 11.3 Å². The normalized spacial score (nSPS) is 20.2. The number of nitrogens with zero attached hydrogens (tertiary/aromatic N) is 1. The lowest BCUT2D eigenvalue weighted by Gasteiger charge is -2.36. The van der Waals surface area contributed by atoms with Crippen LogP contribution in [0.25, 0.3) is 0 Å². The summed E-state index contributed by atoms with van der Waals surface area (Å²) >= 11 is 1.53. The lowest BCUT2D eigenvalue weighted by molar-refractivity contribution is 0.268. The fourth-order valence-electron chi connectivity index (χ4n) is 0.947. The summed E-state index contributed by atoms with van der Waals surface area (Å²) in [6, 6.07) is 0. The molecule has 0 unspecified atom stereocenters. The predicted molar refractivity (Wildman–Crippen MR) is 53.9 cm³/mol. The average Bonchev–Trinajstić information content (AvgIpc) is 2.03. The topological polar surface area (TPSA) is 53.1 Å². The molecule has 0 aromatic carbocycles. The second-order valence-electron chi connectivity index (χ2n) is 2.65. The van der Waals surface area contributed by atoms with Crippen LogP contribution in [-0.2, 0) is 0 Å². The van der Waals surface area contributed by atoms with Crippen molar-refractivity contribution in [2.45, 2.75) is 0 Å². The van der Waals surface area contributed by atoms with E-state index >= 15 is 0 Å². The van der Waals surface area contributed by atoms with E-state index in [4.69, 9.17) is 11.1 Å². The molecule has 0 atom stereocenters. The SMILES string of the molecule is C=CC1CN(S/C(C=N)=C/N)C1. The van der Waals surface area contributed by atoms with Crippen LogP contribution in [0.2, 0.25) is 0 Å². The summed E-state index contributed by atoms with van der Waals surface area (Å²) in [6.07, 6.45) is 4.69. The zero-order valence-corrected chi connectivity index (χ0v) is 7.68. The molecule has 0 amide bonds. The number of hydrogen-bond donors (Lipinski definition) is 2. The summed E-state index contributed by atoms with van der Waals surface area (Å²) in [6.45, 7) is 5.74. The molecule has 1 heterocycles. The lowest BCUT2D eigenvalue weighted by atomic mass is 10.0. The maximum absolute atomic E-state index is 7.01. The third kappa shape index (κ3) is 2.12. The first kappa shape index (κ1) is 9.35. The van der Waals surface area contributed by atoms with E-state index in [2.05, 4.69) is 10.9 Å². The molecule has 4 heteroatoms. The summed E-state index contributed by atoms with van der Waals surface area (Å²) in [5.41, 5.74) is 5.30. The average molecular weight is 183 g/mol. The summed E-state index contributed by atoms with van der Waals surface area (Å²) in [5.74, 6) is 0.613. The Hall–Kier alpha value is -0.740. The standard InChI is InChI=1S/C8H13N3S/c1-2-7-5-11(6-7)12-8(3-9)4-10/h2-4,7,9H,1,5-6,10H2/b8-4+,9-3?. The molecular formula is C8H13N3S. The third-order valence-corrected chi connectivity index (χ3v) is 2.77. The Kier molecular flexibility index (Phi) is 3.37. The molecule has 1 saturated heterocycles. The second kappa shape index (κ2) is 4.33. The van der Waals surface area contributed by atoms with Gasteiger partial charge in [-0.2, -0.15) is 0 Å². The van der Waals surface area contributed by atoms with E-state index in [9.17, 15) is 0 Å². The van der Waals surface area contributed by atoms with Gasteiger partial charge in [-0.15, -0.1) is 6.58 Å². The van der Waals surface area contributed by atoms with Gasteiger partial charge in [0.05, 0.1) is 4.91 Å². The van der Waals surface area contributed by atoms with E-state index in [1.54, 1.807) is 0 Å². The minimum atomic E-state index is 0.613. The molecule has 0 bridgehead atoms. The Morgan fingerprint density at radius 1 is 1.67 bits per heavy atom. The molecule has 0 spiro atoms. The summed E-state index contributed by atoms with van der Waals surface area (Å²) in [5, 5.41) is 7.01. The van der Waals surface area contributed by atoms with Gasteiger partial charge < -0.3 is 11.1 Å². The van der Waals surface area contributed by atoms with Crippen LogP contribution in [-0.4, -0.2) is 23.6 Å². The Morgan fingerprint density at radius 2 is 2.33 bits per heavy atom. The van der Waals surface area contributed by atoms with E-state index in [1.165, 1.54) is 24.4 Å². The van der Waals surface area contributed by atoms with Crippen LogP contribution < -0.4 is 5.73 Å². The quantitative estimate of drug-likeness (QED) is 0.391. The predicted octanol–water partition coefficient (Wildman–Crippen LogP) is 1.20. The Labute approximate surface area is 77.0 Å². The van der Waals surface area contributed by atoms with Crippen LogP contribution >= 0.6 is 11.9 Å². The number of nitrogens with one attached hydrogen (secondary N) is 1. The highest BCUT2D eigenvalue weighted by molar-refractivity contribution is 8.01. The molecule has 0 aromatic rings. The van der Waals surface area contributed by atoms with Crippen molar-refractivity contribution in [3.05, 3.63) is 23.8 Å². The van der Waals surface area contributed by atoms with Gasteiger partial charge in [0.2, 0.25) is 0 Å². The van der Waals surface area contributed by atoms with Gasteiger partial charge in [-0.05, 0) is 11.9 Å². The Balaban J connectivity index is 2.26. The molecule has 0 saturated carbocycles. The van der Waals surface area contributed by atoms with Crippen molar-refractivity contribution in [1.82, 2.24) is 4.31 Å². The fraction of sp³-hybridized carbons (Fsp3) is 0.375. The first-order valence-electron chi connectivity index (χ1n) is 3.78. The van der Waals surface area contributed by atoms with Gasteiger partial charge in [0, 0.05) is 31.4 Å². The number of hydrogen-bond acceptors (Lipinski definition) is 4. The summed E-state index contributed by atoms with van der Waals surface area (Å²) in [4.78, 5) is 0.789. The molecule has 3 N–H and O–H groups in total. The largest absolute Gasteiger partial charge is 0.404 e. The van der Waals surface area contributed by atoms with Gasteiger partial charge >= 0.3 is 0 Å². The molecule has 0 radical (unpaired) electrons. The molecule has 3 nitrogen and oxygen atoms in total. The van der Waals surface area contributed by atoms with Crippen LogP contribution in [0.4, 0.5) is 0 Å². The lowest BCUT2D eigenvalue weighted by Crippen LogP contribution is -2.40. The van der Waals surface area contributed by atoms with Gasteiger partial charge in [0.25, 0.3) is 0 Å². The van der Waals surface area contributed by atoms with E-state index in [0.29, 0.717) is 5.92 Å². The van der Waals surface area contributed by atoms with Gasteiger partial charge in [-0.3, -0.25) is 0 Å². The van der Waals surface area contributed by atoms with Gasteiger partial charge in [-0.1, -0.05) is 6.08 Å². The molecule has 1 rings (SSSR count). The first-order valence-corrected chi connectivity index (χ1v) is 4.55. The summed E-state index contributed by atoms with van der Waals surface area (Å²) < 4.78 is 2.16. The number of allylic oxidation sites excluding steroid dienone is 1. The molecule has 1 aliphatic rings. The highest BCUT2D eigenvalue weighted by atomic mass is 32.2. The van der Waals surface area contributed by atoms with Crippen molar-refractivity contribution in [3.8, 4) is 0 Å². The van der Waals surface area contributed by atoms with Crippen LogP contribution in [0.5, 0.6) is 0 Å². The van der Waals surface area contributed by atoms with E-state index in [0.717, 1.165) is 18.0 Å². The van der Waals surface area contributed by atoms with Crippen molar-refractivity contribution < 1.29 is 0 Å².